The first-order chi connectivity index (χ1) is 11.6. The molecular formula is C20H21NO2S. The van der Waals surface area contributed by atoms with Gasteiger partial charge in [0.25, 0.3) is 0 Å². The molecule has 0 N–H and O–H groups in total. The zero-order chi connectivity index (χ0) is 17.1. The van der Waals surface area contributed by atoms with E-state index in [-0.39, 0.29) is 5.78 Å². The van der Waals surface area contributed by atoms with Crippen LogP contribution in [0.1, 0.15) is 37.0 Å². The van der Waals surface area contributed by atoms with Crippen molar-refractivity contribution in [2.75, 3.05) is 6.54 Å². The van der Waals surface area contributed by atoms with E-state index in [4.69, 9.17) is 4.42 Å². The Hall–Kier alpha value is -2.20. The summed E-state index contributed by atoms with van der Waals surface area (Å²) in [5.41, 5.74) is 2.50. The first-order valence-electron chi connectivity index (χ1n) is 8.14. The highest BCUT2D eigenvalue weighted by Crippen LogP contribution is 2.39. The van der Waals surface area contributed by atoms with Crippen LogP contribution < -0.4 is 0 Å². The van der Waals surface area contributed by atoms with Gasteiger partial charge in [0.1, 0.15) is 5.58 Å². The molecule has 0 saturated carbocycles. The second kappa shape index (κ2) is 7.14. The van der Waals surface area contributed by atoms with Crippen LogP contribution in [0.25, 0.3) is 11.0 Å². The Balaban J connectivity index is 1.84. The van der Waals surface area contributed by atoms with Crippen LogP contribution in [0.3, 0.4) is 0 Å². The summed E-state index contributed by atoms with van der Waals surface area (Å²) in [6.45, 7) is 9.09. The van der Waals surface area contributed by atoms with Crippen molar-refractivity contribution in [1.29, 1.82) is 0 Å². The van der Waals surface area contributed by atoms with Crippen molar-refractivity contribution in [3.8, 4) is 0 Å². The van der Waals surface area contributed by atoms with E-state index >= 15 is 0 Å². The van der Waals surface area contributed by atoms with Gasteiger partial charge >= 0.3 is 0 Å². The van der Waals surface area contributed by atoms with Crippen molar-refractivity contribution in [2.24, 2.45) is 0 Å². The Bertz CT molecular complexity index is 844. The van der Waals surface area contributed by atoms with Gasteiger partial charge in [0, 0.05) is 34.7 Å². The number of hydrogen-bond donors (Lipinski definition) is 0. The van der Waals surface area contributed by atoms with Gasteiger partial charge in [-0.3, -0.25) is 4.79 Å². The third-order valence-corrected chi connectivity index (χ3v) is 5.17. The molecule has 0 fully saturated rings. The van der Waals surface area contributed by atoms with Crippen LogP contribution in [0.15, 0.2) is 69.3 Å². The predicted molar refractivity (Wildman–Crippen MR) is 101 cm³/mol. The van der Waals surface area contributed by atoms with E-state index in [0.717, 1.165) is 45.9 Å². The van der Waals surface area contributed by atoms with Gasteiger partial charge in [0.15, 0.2) is 5.78 Å². The van der Waals surface area contributed by atoms with Crippen LogP contribution in [-0.4, -0.2) is 17.2 Å². The number of thioether (sulfide) groups is 1. The van der Waals surface area contributed by atoms with Crippen molar-refractivity contribution in [3.63, 3.8) is 0 Å². The number of benzene rings is 1. The summed E-state index contributed by atoms with van der Waals surface area (Å²) >= 11 is 1.61. The van der Waals surface area contributed by atoms with Crippen molar-refractivity contribution in [1.82, 2.24) is 4.90 Å². The molecule has 124 valence electrons. The summed E-state index contributed by atoms with van der Waals surface area (Å²) in [7, 11) is 0. The standard InChI is InChI=1S/C20H21NO2S/c1-4-5-9-21-13-19(14(2)3)24-20(21)12-17(22)15-6-7-18-16(11-15)8-10-23-18/h6-8,10-13H,2,4-5,9H2,1,3H3. The van der Waals surface area contributed by atoms with Crippen LogP contribution >= 0.6 is 11.8 Å². The minimum atomic E-state index is 0.0125. The molecule has 0 radical (unpaired) electrons. The smallest absolute Gasteiger partial charge is 0.188 e. The Morgan fingerprint density at radius 2 is 2.21 bits per heavy atom. The SMILES string of the molecule is C=C(C)C1=CN(CCCC)C(=CC(=O)c2ccc3occc3c2)S1. The summed E-state index contributed by atoms with van der Waals surface area (Å²) in [5.74, 6) is 0.0125. The topological polar surface area (TPSA) is 33.5 Å². The highest BCUT2D eigenvalue weighted by Gasteiger charge is 2.21. The maximum Gasteiger partial charge on any atom is 0.188 e. The lowest BCUT2D eigenvalue weighted by Crippen LogP contribution is -2.14. The summed E-state index contributed by atoms with van der Waals surface area (Å²) in [6.07, 6.45) is 7.68. The molecule has 1 aromatic heterocycles. The fourth-order valence-electron chi connectivity index (χ4n) is 2.53. The van der Waals surface area contributed by atoms with E-state index in [1.165, 1.54) is 0 Å². The Morgan fingerprint density at radius 3 is 2.96 bits per heavy atom. The number of hydrogen-bond acceptors (Lipinski definition) is 4. The maximum atomic E-state index is 12.7. The molecular weight excluding hydrogens is 318 g/mol. The first kappa shape index (κ1) is 16.7. The van der Waals surface area contributed by atoms with Gasteiger partial charge in [-0.05, 0) is 43.2 Å². The normalized spacial score (nSPS) is 16.0. The fourth-order valence-corrected chi connectivity index (χ4v) is 3.54. The number of furan rings is 1. The minimum Gasteiger partial charge on any atom is -0.464 e. The van der Waals surface area contributed by atoms with Gasteiger partial charge in [0.2, 0.25) is 0 Å². The largest absolute Gasteiger partial charge is 0.464 e. The molecule has 3 rings (SSSR count). The number of rotatable bonds is 6. The number of allylic oxidation sites excluding steroid dienone is 2. The third-order valence-electron chi connectivity index (χ3n) is 3.94. The lowest BCUT2D eigenvalue weighted by Gasteiger charge is -2.16. The van der Waals surface area contributed by atoms with Gasteiger partial charge in [0.05, 0.1) is 11.3 Å². The highest BCUT2D eigenvalue weighted by molar-refractivity contribution is 8.07. The fraction of sp³-hybridized carbons (Fsp3) is 0.250. The average Bonchev–Trinajstić information content (AvgIpc) is 3.18. The number of carbonyl (C=O) groups excluding carboxylic acids is 1. The summed E-state index contributed by atoms with van der Waals surface area (Å²) in [4.78, 5) is 15.9. The maximum absolute atomic E-state index is 12.7. The van der Waals surface area contributed by atoms with Gasteiger partial charge in [-0.15, -0.1) is 0 Å². The third kappa shape index (κ3) is 3.49. The Labute approximate surface area is 146 Å². The summed E-state index contributed by atoms with van der Waals surface area (Å²) in [6, 6.07) is 7.41. The van der Waals surface area contributed by atoms with E-state index in [2.05, 4.69) is 24.6 Å². The second-order valence-corrected chi connectivity index (χ2v) is 7.00. The number of fused-ring (bicyclic) bond motifs is 1. The Kier molecular flexibility index (Phi) is 4.95. The number of unbranched alkanes of at least 4 members (excludes halogenated alkanes) is 1. The van der Waals surface area contributed by atoms with Crippen molar-refractivity contribution >= 4 is 28.5 Å². The first-order valence-corrected chi connectivity index (χ1v) is 8.95. The van der Waals surface area contributed by atoms with Gasteiger partial charge < -0.3 is 9.32 Å². The molecule has 0 aliphatic carbocycles. The van der Waals surface area contributed by atoms with E-state index in [1.54, 1.807) is 24.1 Å². The van der Waals surface area contributed by atoms with Crippen LogP contribution in [0.5, 0.6) is 0 Å². The molecule has 2 aromatic rings. The van der Waals surface area contributed by atoms with Crippen molar-refractivity contribution in [3.05, 3.63) is 70.5 Å². The molecule has 0 amide bonds. The predicted octanol–water partition coefficient (Wildman–Crippen LogP) is 5.72. The molecule has 1 aliphatic rings. The summed E-state index contributed by atoms with van der Waals surface area (Å²) in [5, 5.41) is 1.92. The average molecular weight is 339 g/mol. The quantitative estimate of drug-likeness (QED) is 0.497. The molecule has 0 spiro atoms. The lowest BCUT2D eigenvalue weighted by molar-refractivity contribution is 0.104. The number of carbonyl (C=O) groups is 1. The van der Waals surface area contributed by atoms with Crippen molar-refractivity contribution < 1.29 is 9.21 Å². The molecule has 1 aliphatic heterocycles. The van der Waals surface area contributed by atoms with Crippen molar-refractivity contribution in [2.45, 2.75) is 26.7 Å². The van der Waals surface area contributed by atoms with Crippen LogP contribution in [0.2, 0.25) is 0 Å². The molecule has 1 aromatic carbocycles. The zero-order valence-corrected chi connectivity index (χ0v) is 14.9. The zero-order valence-electron chi connectivity index (χ0n) is 14.0. The Morgan fingerprint density at radius 1 is 1.38 bits per heavy atom. The molecule has 0 bridgehead atoms. The number of ketones is 1. The van der Waals surface area contributed by atoms with Gasteiger partial charge in [-0.2, -0.15) is 0 Å². The molecule has 4 heteroatoms. The minimum absolute atomic E-state index is 0.0125. The second-order valence-electron chi connectivity index (χ2n) is 5.94. The van der Waals surface area contributed by atoms with E-state index < -0.39 is 0 Å². The molecule has 0 saturated heterocycles. The number of nitrogens with zero attached hydrogens (tertiary/aromatic N) is 1. The van der Waals surface area contributed by atoms with E-state index in [1.807, 2.05) is 31.2 Å². The van der Waals surface area contributed by atoms with Crippen LogP contribution in [0.4, 0.5) is 0 Å². The highest BCUT2D eigenvalue weighted by atomic mass is 32.2. The van der Waals surface area contributed by atoms with Gasteiger partial charge in [-0.25, -0.2) is 0 Å². The molecule has 0 atom stereocenters. The van der Waals surface area contributed by atoms with Crippen LogP contribution in [0, 0.1) is 0 Å². The summed E-state index contributed by atoms with van der Waals surface area (Å²) < 4.78 is 5.33. The van der Waals surface area contributed by atoms with Crippen LogP contribution in [-0.2, 0) is 0 Å². The molecule has 2 heterocycles. The monoisotopic (exact) mass is 339 g/mol. The molecule has 3 nitrogen and oxygen atoms in total. The lowest BCUT2D eigenvalue weighted by atomic mass is 10.1. The molecule has 0 unspecified atom stereocenters. The van der Waals surface area contributed by atoms with Gasteiger partial charge in [-0.1, -0.05) is 31.7 Å². The molecule has 24 heavy (non-hydrogen) atoms. The van der Waals surface area contributed by atoms with E-state index in [0.29, 0.717) is 5.56 Å². The van der Waals surface area contributed by atoms with E-state index in [9.17, 15) is 4.79 Å².